The van der Waals surface area contributed by atoms with Crippen molar-refractivity contribution in [3.05, 3.63) is 231 Å². The first kappa shape index (κ1) is 32.7. The van der Waals surface area contributed by atoms with Gasteiger partial charge in [0.05, 0.1) is 0 Å². The summed E-state index contributed by atoms with van der Waals surface area (Å²) >= 11 is 0. The smallest absolute Gasteiger partial charge is 0.0462 e. The molecular formula is C52H38N2. The Morgan fingerprint density at radius 3 is 0.833 bits per heavy atom. The van der Waals surface area contributed by atoms with Crippen LogP contribution in [0, 0.1) is 0 Å². The normalized spacial score (nSPS) is 11.0. The summed E-state index contributed by atoms with van der Waals surface area (Å²) in [4.78, 5) is 4.59. The third kappa shape index (κ3) is 6.53. The zero-order valence-corrected chi connectivity index (χ0v) is 29.8. The Bertz CT molecular complexity index is 2520. The minimum Gasteiger partial charge on any atom is -0.311 e. The summed E-state index contributed by atoms with van der Waals surface area (Å²) in [7, 11) is 0. The first-order chi connectivity index (χ1) is 26.8. The molecule has 2 heteroatoms. The van der Waals surface area contributed by atoms with Gasteiger partial charge >= 0.3 is 0 Å². The van der Waals surface area contributed by atoms with Crippen LogP contribution in [0.3, 0.4) is 0 Å². The number of hydrogen-bond acceptors (Lipinski definition) is 2. The van der Waals surface area contributed by atoms with E-state index in [1.165, 1.54) is 44.2 Å². The molecule has 0 heterocycles. The highest BCUT2D eigenvalue weighted by molar-refractivity contribution is 6.06. The second-order valence-corrected chi connectivity index (χ2v) is 13.4. The molecule has 0 unspecified atom stereocenters. The Kier molecular flexibility index (Phi) is 8.99. The Morgan fingerprint density at radius 1 is 0.204 bits per heavy atom. The lowest BCUT2D eigenvalue weighted by Gasteiger charge is -2.25. The Morgan fingerprint density at radius 2 is 0.481 bits per heavy atom. The van der Waals surface area contributed by atoms with E-state index in [-0.39, 0.29) is 0 Å². The van der Waals surface area contributed by atoms with E-state index in [1.807, 2.05) is 0 Å². The molecule has 0 bridgehead atoms. The number of para-hydroxylation sites is 4. The van der Waals surface area contributed by atoms with E-state index >= 15 is 0 Å². The van der Waals surface area contributed by atoms with Crippen molar-refractivity contribution in [1.29, 1.82) is 0 Å². The summed E-state index contributed by atoms with van der Waals surface area (Å²) in [6, 6.07) is 82.3. The van der Waals surface area contributed by atoms with E-state index in [4.69, 9.17) is 0 Å². The van der Waals surface area contributed by atoms with Gasteiger partial charge in [0.15, 0.2) is 0 Å². The lowest BCUT2D eigenvalue weighted by atomic mass is 9.91. The Balaban J connectivity index is 1.03. The lowest BCUT2D eigenvalue weighted by molar-refractivity contribution is 1.28. The summed E-state index contributed by atoms with van der Waals surface area (Å²) in [6.07, 6.45) is 0. The van der Waals surface area contributed by atoms with Crippen LogP contribution in [-0.4, -0.2) is 0 Å². The number of anilines is 6. The summed E-state index contributed by atoms with van der Waals surface area (Å²) < 4.78 is 0. The molecule has 9 aromatic rings. The monoisotopic (exact) mass is 690 g/mol. The van der Waals surface area contributed by atoms with Gasteiger partial charge in [0.1, 0.15) is 0 Å². The fourth-order valence-electron chi connectivity index (χ4n) is 7.46. The maximum atomic E-state index is 2.30. The van der Waals surface area contributed by atoms with Crippen molar-refractivity contribution < 1.29 is 0 Å². The number of nitrogens with zero attached hydrogens (tertiary/aromatic N) is 2. The van der Waals surface area contributed by atoms with Crippen LogP contribution in [0.1, 0.15) is 0 Å². The Hall–Kier alpha value is -7.16. The van der Waals surface area contributed by atoms with Crippen LogP contribution in [0.15, 0.2) is 231 Å². The molecule has 0 radical (unpaired) electrons. The average molecular weight is 691 g/mol. The molecule has 9 aromatic carbocycles. The second-order valence-electron chi connectivity index (χ2n) is 13.4. The standard InChI is InChI=1S/C52H38N2/c1-5-17-44(18-6-1)53(45-19-7-2-8-20-45)48-35-31-40(32-36-48)39-27-29-41(30-28-39)50-25-13-15-43-16-14-26-51(52(43)50)42-33-37-49(38-34-42)54(46-21-9-3-10-22-46)47-23-11-4-12-24-47/h1-38H. The van der Waals surface area contributed by atoms with Crippen LogP contribution in [0.4, 0.5) is 34.1 Å². The van der Waals surface area contributed by atoms with Crippen molar-refractivity contribution in [1.82, 2.24) is 0 Å². The van der Waals surface area contributed by atoms with Crippen LogP contribution in [0.5, 0.6) is 0 Å². The molecule has 0 atom stereocenters. The summed E-state index contributed by atoms with van der Waals surface area (Å²) in [5, 5.41) is 2.49. The van der Waals surface area contributed by atoms with Gasteiger partial charge in [0.2, 0.25) is 0 Å². The largest absolute Gasteiger partial charge is 0.311 e. The molecule has 54 heavy (non-hydrogen) atoms. The third-order valence-corrected chi connectivity index (χ3v) is 10.1. The number of rotatable bonds is 9. The molecule has 2 nitrogen and oxygen atoms in total. The topological polar surface area (TPSA) is 6.48 Å². The first-order valence-electron chi connectivity index (χ1n) is 18.4. The quantitative estimate of drug-likeness (QED) is 0.149. The van der Waals surface area contributed by atoms with Crippen LogP contribution in [0.25, 0.3) is 44.2 Å². The van der Waals surface area contributed by atoms with Crippen molar-refractivity contribution in [3.8, 4) is 33.4 Å². The van der Waals surface area contributed by atoms with Gasteiger partial charge in [0, 0.05) is 34.1 Å². The number of fused-ring (bicyclic) bond motifs is 1. The molecule has 256 valence electrons. The van der Waals surface area contributed by atoms with Crippen molar-refractivity contribution in [2.24, 2.45) is 0 Å². The van der Waals surface area contributed by atoms with E-state index in [0.717, 1.165) is 34.1 Å². The zero-order chi connectivity index (χ0) is 36.1. The van der Waals surface area contributed by atoms with E-state index in [1.54, 1.807) is 0 Å². The molecule has 0 spiro atoms. The number of benzene rings is 9. The molecular weight excluding hydrogens is 653 g/mol. The van der Waals surface area contributed by atoms with Crippen molar-refractivity contribution in [2.75, 3.05) is 9.80 Å². The van der Waals surface area contributed by atoms with Gasteiger partial charge in [-0.2, -0.15) is 0 Å². The maximum absolute atomic E-state index is 2.30. The molecule has 9 rings (SSSR count). The predicted octanol–water partition coefficient (Wildman–Crippen LogP) is 14.8. The van der Waals surface area contributed by atoms with E-state index in [2.05, 4.69) is 240 Å². The molecule has 0 aromatic heterocycles. The minimum absolute atomic E-state index is 1.12. The highest BCUT2D eigenvalue weighted by Crippen LogP contribution is 2.40. The average Bonchev–Trinajstić information content (AvgIpc) is 3.26. The molecule has 0 aliphatic heterocycles. The second kappa shape index (κ2) is 14.8. The summed E-state index contributed by atoms with van der Waals surface area (Å²) in [6.45, 7) is 0. The molecule has 0 aliphatic carbocycles. The van der Waals surface area contributed by atoms with Gasteiger partial charge in [0.25, 0.3) is 0 Å². The predicted molar refractivity (Wildman–Crippen MR) is 230 cm³/mol. The maximum Gasteiger partial charge on any atom is 0.0462 e. The van der Waals surface area contributed by atoms with Gasteiger partial charge in [-0.05, 0) is 117 Å². The lowest BCUT2D eigenvalue weighted by Crippen LogP contribution is -2.09. The molecule has 0 saturated carbocycles. The summed E-state index contributed by atoms with van der Waals surface area (Å²) in [5.41, 5.74) is 14.0. The fraction of sp³-hybridized carbons (Fsp3) is 0. The van der Waals surface area contributed by atoms with Gasteiger partial charge in [-0.25, -0.2) is 0 Å². The highest BCUT2D eigenvalue weighted by Gasteiger charge is 2.15. The minimum atomic E-state index is 1.12. The molecule has 0 saturated heterocycles. The summed E-state index contributed by atoms with van der Waals surface area (Å²) in [5.74, 6) is 0. The highest BCUT2D eigenvalue weighted by atomic mass is 15.1. The Labute approximate surface area is 317 Å². The van der Waals surface area contributed by atoms with Crippen LogP contribution in [0.2, 0.25) is 0 Å². The van der Waals surface area contributed by atoms with E-state index in [0.29, 0.717) is 0 Å². The fourth-order valence-corrected chi connectivity index (χ4v) is 7.46. The van der Waals surface area contributed by atoms with Crippen molar-refractivity contribution >= 4 is 44.9 Å². The third-order valence-electron chi connectivity index (χ3n) is 10.1. The first-order valence-corrected chi connectivity index (χ1v) is 18.4. The zero-order valence-electron chi connectivity index (χ0n) is 29.8. The van der Waals surface area contributed by atoms with Gasteiger partial charge in [-0.15, -0.1) is 0 Å². The van der Waals surface area contributed by atoms with Gasteiger partial charge in [-0.1, -0.05) is 158 Å². The van der Waals surface area contributed by atoms with Gasteiger partial charge in [-0.3, -0.25) is 0 Å². The van der Waals surface area contributed by atoms with Crippen molar-refractivity contribution in [3.63, 3.8) is 0 Å². The van der Waals surface area contributed by atoms with Crippen LogP contribution < -0.4 is 9.80 Å². The van der Waals surface area contributed by atoms with E-state index in [9.17, 15) is 0 Å². The molecule has 0 N–H and O–H groups in total. The molecule has 0 aliphatic rings. The van der Waals surface area contributed by atoms with E-state index < -0.39 is 0 Å². The van der Waals surface area contributed by atoms with Crippen LogP contribution in [-0.2, 0) is 0 Å². The van der Waals surface area contributed by atoms with Gasteiger partial charge < -0.3 is 9.80 Å². The number of hydrogen-bond donors (Lipinski definition) is 0. The molecule has 0 fully saturated rings. The SMILES string of the molecule is c1ccc(N(c2ccccc2)c2ccc(-c3ccc(-c4cccc5cccc(-c6ccc(N(c7ccccc7)c7ccccc7)cc6)c45)cc3)cc2)cc1. The van der Waals surface area contributed by atoms with Crippen LogP contribution >= 0.6 is 0 Å². The molecule has 0 amide bonds. The van der Waals surface area contributed by atoms with Crippen molar-refractivity contribution in [2.45, 2.75) is 0 Å².